The highest BCUT2D eigenvalue weighted by Crippen LogP contribution is 2.34. The maximum absolute atomic E-state index is 13.4. The van der Waals surface area contributed by atoms with Gasteiger partial charge in [0.2, 0.25) is 11.8 Å². The Labute approximate surface area is 159 Å². The molecule has 28 heavy (non-hydrogen) atoms. The summed E-state index contributed by atoms with van der Waals surface area (Å²) < 4.78 is 28.0. The van der Waals surface area contributed by atoms with Gasteiger partial charge in [-0.1, -0.05) is 6.07 Å². The van der Waals surface area contributed by atoms with Crippen molar-refractivity contribution in [2.24, 2.45) is 0 Å². The van der Waals surface area contributed by atoms with Crippen LogP contribution in [-0.4, -0.2) is 21.6 Å². The molecule has 142 valence electrons. The van der Waals surface area contributed by atoms with Gasteiger partial charge in [0, 0.05) is 16.8 Å². The SMILES string of the molecule is Cc1c(-c2ccc(F)cc2)nn2c1NC(=O)C[C@H]2C(=O)Nc1cccc(F)c1. The number of amides is 2. The number of nitrogens with zero attached hydrogens (tertiary/aromatic N) is 2. The maximum Gasteiger partial charge on any atom is 0.249 e. The van der Waals surface area contributed by atoms with Crippen LogP contribution in [0.15, 0.2) is 48.5 Å². The zero-order chi connectivity index (χ0) is 19.8. The summed E-state index contributed by atoms with van der Waals surface area (Å²) in [7, 11) is 0. The molecule has 0 radical (unpaired) electrons. The Balaban J connectivity index is 1.70. The molecule has 8 heteroatoms. The van der Waals surface area contributed by atoms with E-state index in [0.717, 1.165) is 0 Å². The lowest BCUT2D eigenvalue weighted by atomic mass is 10.1. The molecule has 0 fully saturated rings. The molecule has 2 amide bonds. The van der Waals surface area contributed by atoms with Crippen molar-refractivity contribution in [1.29, 1.82) is 0 Å². The average molecular weight is 382 g/mol. The number of fused-ring (bicyclic) bond motifs is 1. The lowest BCUT2D eigenvalue weighted by Gasteiger charge is -2.24. The number of carbonyl (C=O) groups is 2. The monoisotopic (exact) mass is 382 g/mol. The number of halogens is 2. The lowest BCUT2D eigenvalue weighted by Crippen LogP contribution is -2.35. The van der Waals surface area contributed by atoms with Crippen LogP contribution in [0, 0.1) is 18.6 Å². The average Bonchev–Trinajstić information content (AvgIpc) is 2.98. The van der Waals surface area contributed by atoms with Crippen LogP contribution >= 0.6 is 0 Å². The molecule has 2 N–H and O–H groups in total. The van der Waals surface area contributed by atoms with Crippen LogP contribution in [0.25, 0.3) is 11.3 Å². The first-order chi connectivity index (χ1) is 13.4. The van der Waals surface area contributed by atoms with Crippen molar-refractivity contribution in [3.05, 3.63) is 65.7 Å². The van der Waals surface area contributed by atoms with Crippen LogP contribution < -0.4 is 10.6 Å². The Hall–Kier alpha value is -3.55. The Morgan fingerprint density at radius 3 is 2.64 bits per heavy atom. The molecule has 1 aromatic heterocycles. The van der Waals surface area contributed by atoms with Crippen LogP contribution in [0.2, 0.25) is 0 Å². The van der Waals surface area contributed by atoms with Gasteiger partial charge in [-0.25, -0.2) is 13.5 Å². The summed E-state index contributed by atoms with van der Waals surface area (Å²) in [6.07, 6.45) is -0.0991. The van der Waals surface area contributed by atoms with E-state index in [9.17, 15) is 18.4 Å². The quantitative estimate of drug-likeness (QED) is 0.726. The molecule has 4 rings (SSSR count). The number of anilines is 2. The molecule has 0 aliphatic carbocycles. The highest BCUT2D eigenvalue weighted by atomic mass is 19.1. The topological polar surface area (TPSA) is 76.0 Å². The van der Waals surface area contributed by atoms with E-state index in [2.05, 4.69) is 15.7 Å². The van der Waals surface area contributed by atoms with E-state index in [1.165, 1.54) is 35.0 Å². The number of benzene rings is 2. The second-order valence-corrected chi connectivity index (χ2v) is 6.54. The second kappa shape index (κ2) is 6.88. The Bertz CT molecular complexity index is 1080. The van der Waals surface area contributed by atoms with Crippen molar-refractivity contribution in [1.82, 2.24) is 9.78 Å². The molecule has 0 saturated carbocycles. The van der Waals surface area contributed by atoms with E-state index in [-0.39, 0.29) is 18.1 Å². The van der Waals surface area contributed by atoms with Crippen LogP contribution in [0.4, 0.5) is 20.3 Å². The summed E-state index contributed by atoms with van der Waals surface area (Å²) >= 11 is 0. The first-order valence-corrected chi connectivity index (χ1v) is 8.63. The van der Waals surface area contributed by atoms with Gasteiger partial charge in [-0.15, -0.1) is 0 Å². The fourth-order valence-corrected chi connectivity index (χ4v) is 3.22. The maximum atomic E-state index is 13.4. The van der Waals surface area contributed by atoms with Gasteiger partial charge in [0.15, 0.2) is 0 Å². The van der Waals surface area contributed by atoms with E-state index in [4.69, 9.17) is 0 Å². The van der Waals surface area contributed by atoms with Crippen molar-refractivity contribution in [2.75, 3.05) is 10.6 Å². The standard InChI is InChI=1S/C20H16F2N4O2/c1-11-18(12-5-7-13(21)8-6-12)25-26-16(10-17(27)24-19(11)26)20(28)23-15-4-2-3-14(22)9-15/h2-9,16H,10H2,1H3,(H,23,28)(H,24,27)/t16-/m0/s1. The summed E-state index contributed by atoms with van der Waals surface area (Å²) in [5.74, 6) is -1.23. The van der Waals surface area contributed by atoms with Crippen molar-refractivity contribution < 1.29 is 18.4 Å². The third-order valence-corrected chi connectivity index (χ3v) is 4.59. The molecular weight excluding hydrogens is 366 g/mol. The van der Waals surface area contributed by atoms with Crippen molar-refractivity contribution in [3.8, 4) is 11.3 Å². The third kappa shape index (κ3) is 3.24. The number of hydrogen-bond donors (Lipinski definition) is 2. The number of rotatable bonds is 3. The summed E-state index contributed by atoms with van der Waals surface area (Å²) in [4.78, 5) is 24.9. The van der Waals surface area contributed by atoms with Crippen LogP contribution in [0.1, 0.15) is 18.0 Å². The fourth-order valence-electron chi connectivity index (χ4n) is 3.22. The number of carbonyl (C=O) groups excluding carboxylic acids is 2. The summed E-state index contributed by atoms with van der Waals surface area (Å²) in [5.41, 5.74) is 2.17. The Morgan fingerprint density at radius 2 is 1.93 bits per heavy atom. The van der Waals surface area contributed by atoms with E-state index >= 15 is 0 Å². The number of aromatic nitrogens is 2. The van der Waals surface area contributed by atoms with Crippen molar-refractivity contribution >= 4 is 23.3 Å². The van der Waals surface area contributed by atoms with Crippen molar-refractivity contribution in [3.63, 3.8) is 0 Å². The lowest BCUT2D eigenvalue weighted by molar-refractivity contribution is -0.125. The highest BCUT2D eigenvalue weighted by molar-refractivity contribution is 6.02. The van der Waals surface area contributed by atoms with Gasteiger partial charge < -0.3 is 10.6 Å². The molecule has 1 atom stereocenters. The first kappa shape index (κ1) is 17.8. The minimum atomic E-state index is -0.889. The second-order valence-electron chi connectivity index (χ2n) is 6.54. The van der Waals surface area contributed by atoms with E-state index in [1.807, 2.05) is 0 Å². The normalized spacial score (nSPS) is 15.7. The molecule has 0 spiro atoms. The summed E-state index contributed by atoms with van der Waals surface area (Å²) in [6.45, 7) is 1.77. The van der Waals surface area contributed by atoms with Crippen LogP contribution in [-0.2, 0) is 9.59 Å². The minimum Gasteiger partial charge on any atom is -0.324 e. The Morgan fingerprint density at radius 1 is 1.18 bits per heavy atom. The zero-order valence-corrected chi connectivity index (χ0v) is 14.9. The van der Waals surface area contributed by atoms with Crippen molar-refractivity contribution in [2.45, 2.75) is 19.4 Å². The molecule has 3 aromatic rings. The van der Waals surface area contributed by atoms with Gasteiger partial charge in [0.1, 0.15) is 23.5 Å². The van der Waals surface area contributed by atoms with Gasteiger partial charge in [0.05, 0.1) is 12.1 Å². The third-order valence-electron chi connectivity index (χ3n) is 4.59. The predicted molar refractivity (Wildman–Crippen MR) is 99.7 cm³/mol. The van der Waals surface area contributed by atoms with E-state index in [0.29, 0.717) is 28.3 Å². The molecule has 0 bridgehead atoms. The number of nitrogens with one attached hydrogen (secondary N) is 2. The molecule has 2 heterocycles. The molecule has 0 saturated heterocycles. The molecule has 1 aliphatic rings. The molecule has 0 unspecified atom stereocenters. The van der Waals surface area contributed by atoms with Crippen LogP contribution in [0.3, 0.4) is 0 Å². The molecular formula is C20H16F2N4O2. The zero-order valence-electron chi connectivity index (χ0n) is 14.9. The van der Waals surface area contributed by atoms with Gasteiger partial charge in [-0.05, 0) is 49.4 Å². The smallest absolute Gasteiger partial charge is 0.249 e. The van der Waals surface area contributed by atoms with Gasteiger partial charge >= 0.3 is 0 Å². The van der Waals surface area contributed by atoms with Gasteiger partial charge in [0.25, 0.3) is 0 Å². The van der Waals surface area contributed by atoms with Gasteiger partial charge in [-0.3, -0.25) is 9.59 Å². The predicted octanol–water partition coefficient (Wildman–Crippen LogP) is 3.66. The molecule has 6 nitrogen and oxygen atoms in total. The molecule has 1 aliphatic heterocycles. The van der Waals surface area contributed by atoms with Crippen LogP contribution in [0.5, 0.6) is 0 Å². The van der Waals surface area contributed by atoms with Gasteiger partial charge in [-0.2, -0.15) is 5.10 Å². The molecule has 2 aromatic carbocycles. The summed E-state index contributed by atoms with van der Waals surface area (Å²) in [6, 6.07) is 10.4. The number of hydrogen-bond acceptors (Lipinski definition) is 3. The minimum absolute atomic E-state index is 0.0991. The first-order valence-electron chi connectivity index (χ1n) is 8.63. The van der Waals surface area contributed by atoms with E-state index < -0.39 is 17.8 Å². The Kier molecular flexibility index (Phi) is 4.38. The highest BCUT2D eigenvalue weighted by Gasteiger charge is 2.34. The largest absolute Gasteiger partial charge is 0.324 e. The summed E-state index contributed by atoms with van der Waals surface area (Å²) in [5, 5.41) is 9.85. The van der Waals surface area contributed by atoms with E-state index in [1.54, 1.807) is 25.1 Å². The fraction of sp³-hybridized carbons (Fsp3) is 0.150.